The lowest BCUT2D eigenvalue weighted by molar-refractivity contribution is -0.139. The first-order chi connectivity index (χ1) is 10.4. The summed E-state index contributed by atoms with van der Waals surface area (Å²) in [6.07, 6.45) is 0.766. The van der Waals surface area contributed by atoms with Crippen LogP contribution in [0.25, 0.3) is 0 Å². The van der Waals surface area contributed by atoms with E-state index < -0.39 is 24.5 Å². The molecule has 122 valence electrons. The zero-order chi connectivity index (χ0) is 16.7. The van der Waals surface area contributed by atoms with Crippen LogP contribution in [0.5, 0.6) is 11.5 Å². The molecule has 0 spiro atoms. The average molecular weight is 317 g/mol. The minimum absolute atomic E-state index is 0.191. The molecule has 0 aliphatic heterocycles. The normalized spacial score (nSPS) is 11.9. The van der Waals surface area contributed by atoms with E-state index in [1.54, 1.807) is 6.92 Å². The molecule has 0 radical (unpaired) electrons. The number of hydrogen-bond acceptors (Lipinski definition) is 4. The molecule has 0 aliphatic rings. The molecule has 22 heavy (non-hydrogen) atoms. The molecule has 0 heterocycles. The summed E-state index contributed by atoms with van der Waals surface area (Å²) < 4.78 is 34.0. The first-order valence-electron chi connectivity index (χ1n) is 6.55. The van der Waals surface area contributed by atoms with E-state index in [0.29, 0.717) is 6.42 Å². The second-order valence-electron chi connectivity index (χ2n) is 4.39. The summed E-state index contributed by atoms with van der Waals surface area (Å²) in [6.45, 7) is -1.36. The summed E-state index contributed by atoms with van der Waals surface area (Å²) in [5, 5.41) is 11.3. The number of benzene rings is 1. The number of ether oxygens (including phenoxy) is 2. The fraction of sp³-hybridized carbons (Fsp3) is 0.429. The van der Waals surface area contributed by atoms with Gasteiger partial charge < -0.3 is 19.9 Å². The number of rotatable bonds is 8. The summed E-state index contributed by atoms with van der Waals surface area (Å²) >= 11 is 0. The van der Waals surface area contributed by atoms with Gasteiger partial charge in [-0.15, -0.1) is 0 Å². The lowest BCUT2D eigenvalue weighted by Crippen LogP contribution is -2.40. The predicted octanol–water partition coefficient (Wildman–Crippen LogP) is 2.28. The van der Waals surface area contributed by atoms with Gasteiger partial charge in [-0.25, -0.2) is 4.79 Å². The summed E-state index contributed by atoms with van der Waals surface area (Å²) in [4.78, 5) is 23.1. The van der Waals surface area contributed by atoms with Crippen molar-refractivity contribution in [3.05, 3.63) is 23.8 Å². The fourth-order valence-electron chi connectivity index (χ4n) is 1.79. The Bertz CT molecular complexity index is 536. The van der Waals surface area contributed by atoms with Gasteiger partial charge in [0, 0.05) is 6.07 Å². The van der Waals surface area contributed by atoms with Crippen LogP contribution >= 0.6 is 0 Å². The van der Waals surface area contributed by atoms with Gasteiger partial charge in [0.25, 0.3) is 5.91 Å². The van der Waals surface area contributed by atoms with Gasteiger partial charge in [-0.2, -0.15) is 8.78 Å². The highest BCUT2D eigenvalue weighted by atomic mass is 19.3. The van der Waals surface area contributed by atoms with Crippen molar-refractivity contribution in [2.75, 3.05) is 7.11 Å². The highest BCUT2D eigenvalue weighted by Gasteiger charge is 2.23. The van der Waals surface area contributed by atoms with Crippen LogP contribution in [-0.4, -0.2) is 36.7 Å². The maximum Gasteiger partial charge on any atom is 0.387 e. The van der Waals surface area contributed by atoms with E-state index >= 15 is 0 Å². The first kappa shape index (κ1) is 17.7. The number of methoxy groups -OCH3 is 1. The first-order valence-corrected chi connectivity index (χ1v) is 6.55. The average Bonchev–Trinajstić information content (AvgIpc) is 2.45. The van der Waals surface area contributed by atoms with Crippen molar-refractivity contribution in [3.63, 3.8) is 0 Å². The van der Waals surface area contributed by atoms with Crippen LogP contribution < -0.4 is 14.8 Å². The molecular formula is C14H17F2NO5. The molecule has 1 rings (SSSR count). The monoisotopic (exact) mass is 317 g/mol. The Morgan fingerprint density at radius 2 is 2.05 bits per heavy atom. The Balaban J connectivity index is 3.02. The van der Waals surface area contributed by atoms with E-state index in [-0.39, 0.29) is 23.5 Å². The summed E-state index contributed by atoms with van der Waals surface area (Å²) in [5.41, 5.74) is -0.191. The Hall–Kier alpha value is -2.38. The van der Waals surface area contributed by atoms with E-state index in [9.17, 15) is 18.4 Å². The summed E-state index contributed by atoms with van der Waals surface area (Å²) in [7, 11) is 1.34. The van der Waals surface area contributed by atoms with Crippen molar-refractivity contribution in [1.29, 1.82) is 0 Å². The van der Waals surface area contributed by atoms with Gasteiger partial charge in [-0.05, 0) is 18.6 Å². The van der Waals surface area contributed by atoms with Crippen molar-refractivity contribution in [3.8, 4) is 11.5 Å². The molecule has 1 aromatic rings. The van der Waals surface area contributed by atoms with E-state index in [4.69, 9.17) is 9.84 Å². The minimum Gasteiger partial charge on any atom is -0.497 e. The van der Waals surface area contributed by atoms with Crippen LogP contribution in [0, 0.1) is 0 Å². The molecule has 0 bridgehead atoms. The van der Waals surface area contributed by atoms with Crippen LogP contribution in [0.1, 0.15) is 30.1 Å². The molecule has 1 aromatic carbocycles. The number of hydrogen-bond donors (Lipinski definition) is 2. The van der Waals surface area contributed by atoms with Crippen LogP contribution in [0.4, 0.5) is 8.78 Å². The van der Waals surface area contributed by atoms with E-state index in [2.05, 4.69) is 10.1 Å². The van der Waals surface area contributed by atoms with Gasteiger partial charge in [-0.3, -0.25) is 4.79 Å². The smallest absolute Gasteiger partial charge is 0.387 e. The lowest BCUT2D eigenvalue weighted by Gasteiger charge is -2.16. The number of aliphatic carboxylic acids is 1. The van der Waals surface area contributed by atoms with Gasteiger partial charge in [0.05, 0.1) is 12.7 Å². The van der Waals surface area contributed by atoms with E-state index in [0.717, 1.165) is 6.07 Å². The van der Waals surface area contributed by atoms with Crippen molar-refractivity contribution < 1.29 is 33.0 Å². The van der Waals surface area contributed by atoms with E-state index in [1.165, 1.54) is 19.2 Å². The SMILES string of the molecule is CCCC(NC(=O)c1ccc(OC)cc1OC(F)F)C(=O)O. The lowest BCUT2D eigenvalue weighted by atomic mass is 10.1. The van der Waals surface area contributed by atoms with Gasteiger partial charge in [0.1, 0.15) is 17.5 Å². The number of halogens is 2. The number of amides is 1. The highest BCUT2D eigenvalue weighted by Crippen LogP contribution is 2.26. The minimum atomic E-state index is -3.12. The van der Waals surface area contributed by atoms with Crippen molar-refractivity contribution in [1.82, 2.24) is 5.32 Å². The zero-order valence-corrected chi connectivity index (χ0v) is 12.1. The Morgan fingerprint density at radius 3 is 2.55 bits per heavy atom. The largest absolute Gasteiger partial charge is 0.497 e. The molecule has 1 amide bonds. The van der Waals surface area contributed by atoms with Gasteiger partial charge in [0.2, 0.25) is 0 Å². The molecule has 2 N–H and O–H groups in total. The van der Waals surface area contributed by atoms with Crippen LogP contribution in [0.2, 0.25) is 0 Å². The molecule has 0 fully saturated rings. The van der Waals surface area contributed by atoms with Gasteiger partial charge >= 0.3 is 12.6 Å². The quantitative estimate of drug-likeness (QED) is 0.768. The number of carbonyl (C=O) groups is 2. The van der Waals surface area contributed by atoms with Gasteiger partial charge in [-0.1, -0.05) is 13.3 Å². The summed E-state index contributed by atoms with van der Waals surface area (Å²) in [6, 6.07) is 2.66. The zero-order valence-electron chi connectivity index (χ0n) is 12.1. The fourth-order valence-corrected chi connectivity index (χ4v) is 1.79. The number of carbonyl (C=O) groups excluding carboxylic acids is 1. The Kier molecular flexibility index (Phi) is 6.55. The third-order valence-electron chi connectivity index (χ3n) is 2.83. The molecule has 1 atom stereocenters. The Morgan fingerprint density at radius 1 is 1.36 bits per heavy atom. The predicted molar refractivity (Wildman–Crippen MR) is 73.4 cm³/mol. The molecule has 0 saturated carbocycles. The van der Waals surface area contributed by atoms with Crippen molar-refractivity contribution in [2.24, 2.45) is 0 Å². The molecular weight excluding hydrogens is 300 g/mol. The number of carboxylic acids is 1. The molecule has 8 heteroatoms. The standard InChI is InChI=1S/C14H17F2NO5/c1-3-4-10(13(19)20)17-12(18)9-6-5-8(21-2)7-11(9)22-14(15)16/h5-7,10,14H,3-4H2,1-2H3,(H,17,18)(H,19,20). The van der Waals surface area contributed by atoms with E-state index in [1.807, 2.05) is 0 Å². The number of nitrogens with one attached hydrogen (secondary N) is 1. The molecule has 0 aliphatic carbocycles. The van der Waals surface area contributed by atoms with Crippen LogP contribution in [0.15, 0.2) is 18.2 Å². The second-order valence-corrected chi connectivity index (χ2v) is 4.39. The van der Waals surface area contributed by atoms with Crippen LogP contribution in [0.3, 0.4) is 0 Å². The molecule has 6 nitrogen and oxygen atoms in total. The number of carboxylic acid groups (broad SMARTS) is 1. The Labute approximate surface area is 126 Å². The van der Waals surface area contributed by atoms with Crippen molar-refractivity contribution >= 4 is 11.9 Å². The highest BCUT2D eigenvalue weighted by molar-refractivity contribution is 5.99. The van der Waals surface area contributed by atoms with Gasteiger partial charge in [0.15, 0.2) is 0 Å². The maximum atomic E-state index is 12.4. The second kappa shape index (κ2) is 8.16. The molecule has 1 unspecified atom stereocenters. The summed E-state index contributed by atoms with van der Waals surface area (Å²) in [5.74, 6) is -2.15. The van der Waals surface area contributed by atoms with Crippen LogP contribution in [-0.2, 0) is 4.79 Å². The number of alkyl halides is 2. The maximum absolute atomic E-state index is 12.4. The molecule has 0 saturated heterocycles. The topological polar surface area (TPSA) is 84.9 Å². The molecule has 0 aromatic heterocycles. The third kappa shape index (κ3) is 4.87. The third-order valence-corrected chi connectivity index (χ3v) is 2.83. The van der Waals surface area contributed by atoms with Crippen molar-refractivity contribution in [2.45, 2.75) is 32.4 Å².